The Labute approximate surface area is 606 Å². The third kappa shape index (κ3) is 65.6. The van der Waals surface area contributed by atoms with Crippen molar-refractivity contribution >= 4 is 67.6 Å². The summed E-state index contributed by atoms with van der Waals surface area (Å²) in [7, 11) is 5.54. The molecular formula is C73H112ClF3O24S. The standard InChI is InChI=1S/C18H26O6.C15H20O5.C11H22O3.C10H20O4.C8H8O3.C7H7ClO2S.C2HF3O.2CH4/c1-18(2,3)24-16(19)13-22-11-5-6-12-23-15-9-7-14(8-10-15)17(20)21-4;1-12(16)11-19-9-3-4-10-20-14-7-5-13(6-8-14)15(17)18-2;1-5-6-7-8-13-9-10(12)14-11(2,3)4;1-10(2,3)14-9(12)8-13-7-5-4-6-11;1-11-8(10)6-2-4-7(9)5-3-6;1-6-2-4-7(5-3-6)11(8,9)10;3-2(4,5)1-6;;/h7-10H,5-6,11-13H2,1-4H3;5-8H,3-4,9-11H2,1-2H3;5-9H2,1-4H3;11H,4-8H2,1-3H3;2-5,9H,1H3;2-5H,1H3;1H;2*1H4. The topological polar surface area (TPSA) is 322 Å². The fourth-order valence-corrected chi connectivity index (χ4v) is 7.35. The second-order valence-corrected chi connectivity index (χ2v) is 26.5. The number of aldehydes is 1. The van der Waals surface area contributed by atoms with Gasteiger partial charge in [0.25, 0.3) is 9.05 Å². The summed E-state index contributed by atoms with van der Waals surface area (Å²) in [6, 6.07) is 25.8. The van der Waals surface area contributed by atoms with Crippen molar-refractivity contribution in [2.24, 2.45) is 0 Å². The van der Waals surface area contributed by atoms with Crippen molar-refractivity contribution in [3.63, 3.8) is 0 Å². The van der Waals surface area contributed by atoms with Gasteiger partial charge in [-0.15, -0.1) is 0 Å². The predicted octanol–water partition coefficient (Wildman–Crippen LogP) is 14.0. The molecule has 0 saturated heterocycles. The molecule has 0 aliphatic carbocycles. The van der Waals surface area contributed by atoms with Gasteiger partial charge in [0.15, 0.2) is 5.78 Å². The van der Waals surface area contributed by atoms with Crippen LogP contribution >= 0.6 is 10.7 Å². The number of carbonyl (C=O) groups is 8. The molecule has 0 aliphatic rings. The number of aryl methyl sites for hydroxylation is 1. The second-order valence-electron chi connectivity index (χ2n) is 23.9. The van der Waals surface area contributed by atoms with Crippen LogP contribution in [0.15, 0.2) is 102 Å². The number of benzene rings is 4. The van der Waals surface area contributed by atoms with Gasteiger partial charge in [-0.25, -0.2) is 37.2 Å². The van der Waals surface area contributed by atoms with Crippen molar-refractivity contribution in [1.82, 2.24) is 0 Å². The van der Waals surface area contributed by atoms with Crippen molar-refractivity contribution in [3.8, 4) is 17.2 Å². The first-order chi connectivity index (χ1) is 46.6. The van der Waals surface area contributed by atoms with Crippen LogP contribution in [0, 0.1) is 6.92 Å². The van der Waals surface area contributed by atoms with Crippen molar-refractivity contribution < 1.29 is 127 Å². The van der Waals surface area contributed by atoms with Gasteiger partial charge in [0.05, 0.1) is 56.1 Å². The number of rotatable bonds is 32. The average Bonchev–Trinajstić information content (AvgIpc) is 0.884. The van der Waals surface area contributed by atoms with Crippen molar-refractivity contribution in [2.75, 3.05) is 94.0 Å². The van der Waals surface area contributed by atoms with Gasteiger partial charge in [-0.3, -0.25) is 9.59 Å². The normalized spacial score (nSPS) is 10.6. The molecule has 29 heteroatoms. The lowest BCUT2D eigenvalue weighted by Crippen LogP contribution is -2.26. The molecule has 4 aromatic carbocycles. The Balaban J connectivity index is -0.000000369. The molecule has 4 rings (SSSR count). The maximum Gasteiger partial charge on any atom is 0.446 e. The number of esters is 6. The van der Waals surface area contributed by atoms with E-state index in [1.807, 2.05) is 69.2 Å². The molecule has 0 radical (unpaired) electrons. The molecule has 2 N–H and O–H groups in total. The Morgan fingerprint density at radius 1 is 0.471 bits per heavy atom. The summed E-state index contributed by atoms with van der Waals surface area (Å²) in [4.78, 5) is 86.5. The number of hydrogen-bond acceptors (Lipinski definition) is 24. The molecule has 0 bridgehead atoms. The lowest BCUT2D eigenvalue weighted by atomic mass is 10.2. The number of Topliss-reactive ketones (excluding diaryl/α,β-unsaturated/α-hetero) is 1. The second kappa shape index (κ2) is 58.7. The minimum Gasteiger partial charge on any atom is -0.508 e. The summed E-state index contributed by atoms with van der Waals surface area (Å²) >= 11 is 0. The van der Waals surface area contributed by atoms with Crippen LogP contribution < -0.4 is 9.47 Å². The summed E-state index contributed by atoms with van der Waals surface area (Å²) in [5.74, 6) is -0.544. The first-order valence-electron chi connectivity index (χ1n) is 31.8. The molecule has 102 heavy (non-hydrogen) atoms. The summed E-state index contributed by atoms with van der Waals surface area (Å²) in [5.41, 5.74) is 1.07. The van der Waals surface area contributed by atoms with Gasteiger partial charge in [-0.1, -0.05) is 52.3 Å². The number of alkyl halides is 3. The number of phenols is 1. The number of carbonyl (C=O) groups excluding carboxylic acids is 8. The van der Waals surface area contributed by atoms with E-state index in [0.29, 0.717) is 74.3 Å². The number of hydrogen-bond donors (Lipinski definition) is 2. The van der Waals surface area contributed by atoms with Gasteiger partial charge in [-0.2, -0.15) is 13.2 Å². The fraction of sp³-hybridized carbons (Fsp3) is 0.562. The maximum absolute atomic E-state index is 11.4. The third-order valence-corrected chi connectivity index (χ3v) is 12.4. The Morgan fingerprint density at radius 3 is 1.02 bits per heavy atom. The molecule has 582 valence electrons. The molecule has 0 heterocycles. The van der Waals surface area contributed by atoms with Crippen LogP contribution in [0.3, 0.4) is 0 Å². The van der Waals surface area contributed by atoms with Gasteiger partial charge in [0.1, 0.15) is 60.5 Å². The molecule has 0 spiro atoms. The number of aliphatic hydroxyl groups is 1. The molecule has 0 aromatic heterocycles. The zero-order chi connectivity index (χ0) is 76.8. The zero-order valence-corrected chi connectivity index (χ0v) is 61.8. The molecule has 0 unspecified atom stereocenters. The van der Waals surface area contributed by atoms with Crippen molar-refractivity contribution in [3.05, 3.63) is 119 Å². The first-order valence-corrected chi connectivity index (χ1v) is 34.1. The smallest absolute Gasteiger partial charge is 0.446 e. The highest BCUT2D eigenvalue weighted by molar-refractivity contribution is 8.13. The minimum absolute atomic E-state index is 0. The first kappa shape index (κ1) is 103. The number of ether oxygens (including phenoxy) is 12. The number of phenolic OH excluding ortho intramolecular Hbond substituents is 1. The third-order valence-electron chi connectivity index (χ3n) is 11.0. The van der Waals surface area contributed by atoms with Gasteiger partial charge >= 0.3 is 42.0 Å². The van der Waals surface area contributed by atoms with Crippen LogP contribution in [0.1, 0.15) is 185 Å². The molecule has 0 aliphatic heterocycles. The lowest BCUT2D eigenvalue weighted by molar-refractivity contribution is -0.161. The van der Waals surface area contributed by atoms with Crippen LogP contribution in [0.4, 0.5) is 13.2 Å². The zero-order valence-electron chi connectivity index (χ0n) is 60.3. The van der Waals surface area contributed by atoms with E-state index >= 15 is 0 Å². The monoisotopic (exact) mass is 1500 g/mol. The molecule has 4 aromatic rings. The van der Waals surface area contributed by atoms with E-state index in [2.05, 4.69) is 21.1 Å². The number of methoxy groups -OCH3 is 3. The largest absolute Gasteiger partial charge is 0.508 e. The van der Waals surface area contributed by atoms with Crippen molar-refractivity contribution in [1.29, 1.82) is 0 Å². The molecular weight excluding hydrogens is 1390 g/mol. The quantitative estimate of drug-likeness (QED) is 0.0151. The van der Waals surface area contributed by atoms with Crippen LogP contribution in [-0.2, 0) is 80.4 Å². The molecule has 0 amide bonds. The van der Waals surface area contributed by atoms with E-state index in [9.17, 15) is 55.2 Å². The maximum atomic E-state index is 11.4. The van der Waals surface area contributed by atoms with Crippen LogP contribution in [-0.4, -0.2) is 184 Å². The van der Waals surface area contributed by atoms with E-state index in [1.54, 1.807) is 60.7 Å². The van der Waals surface area contributed by atoms with Crippen LogP contribution in [0.2, 0.25) is 0 Å². The SMILES string of the molecule is C.C.CC(C)(C)OC(=O)COCCCCO.CCCCCOCC(=O)OC(C)(C)C.COC(=O)c1ccc(O)cc1.COC(=O)c1ccc(OCCCCOCC(=O)OC(C)(C)C)cc1.COC(=O)c1ccc(OCCCCOCC(C)=O)cc1.Cc1ccc(S(=O)(=O)Cl)cc1.O=CC(F)(F)F. The van der Waals surface area contributed by atoms with Gasteiger partial charge in [-0.05, 0) is 206 Å². The highest BCUT2D eigenvalue weighted by atomic mass is 35.7. The van der Waals surface area contributed by atoms with Crippen LogP contribution in [0.25, 0.3) is 0 Å². The number of ketones is 1. The van der Waals surface area contributed by atoms with E-state index < -0.39 is 44.3 Å². The number of halogens is 4. The molecule has 0 fully saturated rings. The van der Waals surface area contributed by atoms with E-state index in [-0.39, 0.29) is 94.2 Å². The van der Waals surface area contributed by atoms with E-state index in [1.165, 1.54) is 64.7 Å². The average molecular weight is 1500 g/mol. The molecule has 24 nitrogen and oxygen atoms in total. The van der Waals surface area contributed by atoms with E-state index in [4.69, 9.17) is 68.3 Å². The Morgan fingerprint density at radius 2 is 0.755 bits per heavy atom. The Hall–Kier alpha value is -7.73. The van der Waals surface area contributed by atoms with E-state index in [0.717, 1.165) is 56.9 Å². The Bertz CT molecular complexity index is 2960. The fourth-order valence-electron chi connectivity index (χ4n) is 6.58. The number of aromatic hydroxyl groups is 1. The van der Waals surface area contributed by atoms with Gasteiger partial charge in [0, 0.05) is 43.7 Å². The highest BCUT2D eigenvalue weighted by Crippen LogP contribution is 2.18. The summed E-state index contributed by atoms with van der Waals surface area (Å²) in [6.45, 7) is 25.6. The van der Waals surface area contributed by atoms with Crippen molar-refractivity contribution in [2.45, 2.75) is 184 Å². The van der Waals surface area contributed by atoms with Gasteiger partial charge < -0.3 is 67.1 Å². The number of unbranched alkanes of at least 4 members (excludes halogenated alkanes) is 5. The minimum atomic E-state index is -4.64. The summed E-state index contributed by atoms with van der Waals surface area (Å²) in [5, 5.41) is 17.3. The summed E-state index contributed by atoms with van der Waals surface area (Å²) < 4.78 is 113. The highest BCUT2D eigenvalue weighted by Gasteiger charge is 2.25. The molecule has 0 atom stereocenters. The molecule has 0 saturated carbocycles. The lowest BCUT2D eigenvalue weighted by Gasteiger charge is -2.19. The number of aliphatic hydroxyl groups excluding tert-OH is 1. The predicted molar refractivity (Wildman–Crippen MR) is 382 cm³/mol. The summed E-state index contributed by atoms with van der Waals surface area (Å²) in [6.07, 6.45) is 2.35. The van der Waals surface area contributed by atoms with Crippen LogP contribution in [0.5, 0.6) is 17.2 Å². The van der Waals surface area contributed by atoms with Gasteiger partial charge in [0.2, 0.25) is 6.29 Å². The Kier molecular flexibility index (Phi) is 59.3.